The molecule has 1 N–H and O–H groups in total. The summed E-state index contributed by atoms with van der Waals surface area (Å²) in [6, 6.07) is 3.81. The van der Waals surface area contributed by atoms with E-state index >= 15 is 0 Å². The minimum Gasteiger partial charge on any atom is -0.326 e. The van der Waals surface area contributed by atoms with Gasteiger partial charge in [-0.1, -0.05) is 6.07 Å². The normalized spacial score (nSPS) is 14.1. The summed E-state index contributed by atoms with van der Waals surface area (Å²) in [5.74, 6) is -0.141. The van der Waals surface area contributed by atoms with Crippen LogP contribution in [0.1, 0.15) is 35.8 Å². The SMILES string of the molecule is CC(=O)Nc1ccc(C)c2sc3c(c(=O)c12)CCCC3. The molecule has 0 radical (unpaired) electrons. The molecule has 4 heteroatoms. The number of hydrogen-bond acceptors (Lipinski definition) is 3. The van der Waals surface area contributed by atoms with E-state index in [4.69, 9.17) is 0 Å². The highest BCUT2D eigenvalue weighted by atomic mass is 32.1. The maximum Gasteiger partial charge on any atom is 0.221 e. The highest BCUT2D eigenvalue weighted by molar-refractivity contribution is 7.18. The van der Waals surface area contributed by atoms with Crippen LogP contribution in [0.15, 0.2) is 16.9 Å². The zero-order valence-electron chi connectivity index (χ0n) is 11.7. The molecule has 2 aromatic rings. The summed E-state index contributed by atoms with van der Waals surface area (Å²) in [5.41, 5.74) is 2.82. The molecule has 0 spiro atoms. The number of rotatable bonds is 1. The first-order chi connectivity index (χ1) is 9.58. The van der Waals surface area contributed by atoms with Crippen molar-refractivity contribution in [2.75, 3.05) is 5.32 Å². The number of hydrogen-bond donors (Lipinski definition) is 1. The molecule has 1 aromatic carbocycles. The van der Waals surface area contributed by atoms with Crippen LogP contribution in [0.25, 0.3) is 10.1 Å². The van der Waals surface area contributed by atoms with Crippen LogP contribution >= 0.6 is 11.3 Å². The Labute approximate surface area is 121 Å². The Hall–Kier alpha value is -1.68. The molecule has 0 fully saturated rings. The smallest absolute Gasteiger partial charge is 0.221 e. The fourth-order valence-corrected chi connectivity index (χ4v) is 4.19. The van der Waals surface area contributed by atoms with Gasteiger partial charge in [-0.2, -0.15) is 0 Å². The van der Waals surface area contributed by atoms with Crippen molar-refractivity contribution in [3.8, 4) is 0 Å². The number of amides is 1. The molecule has 0 bridgehead atoms. The fraction of sp³-hybridized carbons (Fsp3) is 0.375. The molecular weight excluding hydrogens is 270 g/mol. The summed E-state index contributed by atoms with van der Waals surface area (Å²) in [4.78, 5) is 25.3. The Balaban J connectivity index is 2.36. The Morgan fingerprint density at radius 2 is 2.00 bits per heavy atom. The van der Waals surface area contributed by atoms with E-state index in [1.807, 2.05) is 19.1 Å². The zero-order valence-corrected chi connectivity index (χ0v) is 12.5. The van der Waals surface area contributed by atoms with Crippen LogP contribution in [0.2, 0.25) is 0 Å². The first-order valence-corrected chi connectivity index (χ1v) is 7.75. The molecule has 3 rings (SSSR count). The molecule has 0 aliphatic heterocycles. The van der Waals surface area contributed by atoms with Gasteiger partial charge in [0.2, 0.25) is 5.91 Å². The van der Waals surface area contributed by atoms with E-state index in [1.54, 1.807) is 11.3 Å². The second-order valence-electron chi connectivity index (χ2n) is 5.36. The van der Waals surface area contributed by atoms with Gasteiger partial charge in [-0.3, -0.25) is 9.59 Å². The van der Waals surface area contributed by atoms with Crippen molar-refractivity contribution in [2.45, 2.75) is 39.5 Å². The van der Waals surface area contributed by atoms with Crippen LogP contribution in [0, 0.1) is 6.92 Å². The van der Waals surface area contributed by atoms with Gasteiger partial charge in [0.15, 0.2) is 5.43 Å². The molecule has 1 aromatic heterocycles. The standard InChI is InChI=1S/C16H17NO2S/c1-9-7-8-12(17-10(2)18)14-15(19)11-5-3-4-6-13(11)20-16(9)14/h7-8H,3-6H2,1-2H3,(H,17,18). The van der Waals surface area contributed by atoms with Crippen LogP contribution < -0.4 is 10.7 Å². The topological polar surface area (TPSA) is 46.2 Å². The lowest BCUT2D eigenvalue weighted by Crippen LogP contribution is -2.17. The van der Waals surface area contributed by atoms with E-state index in [0.29, 0.717) is 11.1 Å². The maximum absolute atomic E-state index is 12.8. The monoisotopic (exact) mass is 287 g/mol. The average Bonchev–Trinajstić information content (AvgIpc) is 2.42. The van der Waals surface area contributed by atoms with Gasteiger partial charge in [-0.05, 0) is 44.2 Å². The Morgan fingerprint density at radius 3 is 2.75 bits per heavy atom. The predicted octanol–water partition coefficient (Wildman–Crippen LogP) is 3.41. The summed E-state index contributed by atoms with van der Waals surface area (Å²) in [7, 11) is 0. The van der Waals surface area contributed by atoms with Crippen molar-refractivity contribution in [1.82, 2.24) is 0 Å². The molecule has 1 aliphatic rings. The van der Waals surface area contributed by atoms with Gasteiger partial charge < -0.3 is 5.32 Å². The Bertz CT molecular complexity index is 761. The van der Waals surface area contributed by atoms with E-state index in [9.17, 15) is 9.59 Å². The molecule has 0 saturated heterocycles. The quantitative estimate of drug-likeness (QED) is 0.873. The zero-order chi connectivity index (χ0) is 14.3. The molecular formula is C16H17NO2S. The van der Waals surface area contributed by atoms with Crippen LogP contribution in [0.5, 0.6) is 0 Å². The molecule has 1 heterocycles. The van der Waals surface area contributed by atoms with Gasteiger partial charge in [0.05, 0.1) is 11.1 Å². The van der Waals surface area contributed by atoms with Crippen molar-refractivity contribution in [2.24, 2.45) is 0 Å². The molecule has 0 unspecified atom stereocenters. The summed E-state index contributed by atoms with van der Waals surface area (Å²) in [6.07, 6.45) is 4.13. The largest absolute Gasteiger partial charge is 0.326 e. The molecule has 1 amide bonds. The first kappa shape index (κ1) is 13.3. The Morgan fingerprint density at radius 1 is 1.25 bits per heavy atom. The van der Waals surface area contributed by atoms with Gasteiger partial charge in [-0.25, -0.2) is 0 Å². The molecule has 20 heavy (non-hydrogen) atoms. The average molecular weight is 287 g/mol. The highest BCUT2D eigenvalue weighted by Crippen LogP contribution is 2.33. The number of nitrogens with one attached hydrogen (secondary N) is 1. The van der Waals surface area contributed by atoms with Crippen molar-refractivity contribution >= 4 is 33.0 Å². The summed E-state index contributed by atoms with van der Waals surface area (Å²) >= 11 is 1.72. The lowest BCUT2D eigenvalue weighted by atomic mass is 9.97. The van der Waals surface area contributed by atoms with Gasteiger partial charge in [0, 0.05) is 22.1 Å². The summed E-state index contributed by atoms with van der Waals surface area (Å²) < 4.78 is 1.02. The van der Waals surface area contributed by atoms with Crippen LogP contribution in [0.3, 0.4) is 0 Å². The lowest BCUT2D eigenvalue weighted by molar-refractivity contribution is -0.114. The first-order valence-electron chi connectivity index (χ1n) is 6.93. The van der Waals surface area contributed by atoms with Gasteiger partial charge in [0.25, 0.3) is 0 Å². The maximum atomic E-state index is 12.8. The van der Waals surface area contributed by atoms with E-state index in [1.165, 1.54) is 18.2 Å². The second-order valence-corrected chi connectivity index (χ2v) is 6.46. The Kier molecular flexibility index (Phi) is 3.34. The minimum absolute atomic E-state index is 0.112. The number of carbonyl (C=O) groups is 1. The van der Waals surface area contributed by atoms with E-state index in [2.05, 4.69) is 5.32 Å². The second kappa shape index (κ2) is 5.02. The van der Waals surface area contributed by atoms with Gasteiger partial charge >= 0.3 is 0 Å². The third-order valence-electron chi connectivity index (χ3n) is 3.81. The fourth-order valence-electron chi connectivity index (χ4n) is 2.84. The van der Waals surface area contributed by atoms with Crippen molar-refractivity contribution < 1.29 is 4.79 Å². The number of fused-ring (bicyclic) bond motifs is 2. The van der Waals surface area contributed by atoms with Crippen LogP contribution in [-0.4, -0.2) is 5.91 Å². The third-order valence-corrected chi connectivity index (χ3v) is 5.24. The van der Waals surface area contributed by atoms with Crippen LogP contribution in [0.4, 0.5) is 5.69 Å². The van der Waals surface area contributed by atoms with E-state index < -0.39 is 0 Å². The number of aryl methyl sites for hydroxylation is 2. The predicted molar refractivity (Wildman–Crippen MR) is 83.8 cm³/mol. The van der Waals surface area contributed by atoms with Gasteiger partial charge in [-0.15, -0.1) is 11.3 Å². The lowest BCUT2D eigenvalue weighted by Gasteiger charge is -2.17. The third kappa shape index (κ3) is 2.14. The minimum atomic E-state index is -0.141. The molecule has 0 atom stereocenters. The van der Waals surface area contributed by atoms with Crippen molar-refractivity contribution in [3.05, 3.63) is 38.4 Å². The number of carbonyl (C=O) groups excluding carboxylic acids is 1. The molecule has 0 saturated carbocycles. The number of anilines is 1. The summed E-state index contributed by atoms with van der Waals surface area (Å²) in [6.45, 7) is 3.49. The summed E-state index contributed by atoms with van der Waals surface area (Å²) in [5, 5.41) is 3.48. The molecule has 104 valence electrons. The van der Waals surface area contributed by atoms with Crippen molar-refractivity contribution in [1.29, 1.82) is 0 Å². The number of benzene rings is 1. The van der Waals surface area contributed by atoms with Crippen molar-refractivity contribution in [3.63, 3.8) is 0 Å². The van der Waals surface area contributed by atoms with E-state index in [0.717, 1.165) is 35.1 Å². The molecule has 1 aliphatic carbocycles. The van der Waals surface area contributed by atoms with Gasteiger partial charge in [0.1, 0.15) is 0 Å². The highest BCUT2D eigenvalue weighted by Gasteiger charge is 2.19. The van der Waals surface area contributed by atoms with Crippen LogP contribution in [-0.2, 0) is 17.6 Å². The molecule has 3 nitrogen and oxygen atoms in total. The van der Waals surface area contributed by atoms with E-state index in [-0.39, 0.29) is 11.3 Å².